The third-order valence-corrected chi connectivity index (χ3v) is 5.98. The average Bonchev–Trinajstić information content (AvgIpc) is 3.08. The predicted molar refractivity (Wildman–Crippen MR) is 109 cm³/mol. The number of benzene rings is 1. The third kappa shape index (κ3) is 4.07. The molecular weight excluding hydrogens is 354 g/mol. The molecule has 0 spiro atoms. The van der Waals surface area contributed by atoms with Gasteiger partial charge in [-0.25, -0.2) is 4.79 Å². The van der Waals surface area contributed by atoms with Gasteiger partial charge in [0.1, 0.15) is 13.2 Å². The maximum Gasteiger partial charge on any atom is 0.318 e. The number of hydrogen-bond donors (Lipinski definition) is 2. The molecule has 1 aromatic carbocycles. The van der Waals surface area contributed by atoms with Crippen LogP contribution in [-0.4, -0.2) is 47.8 Å². The Balaban J connectivity index is 1.47. The summed E-state index contributed by atoms with van der Waals surface area (Å²) in [5, 5.41) is 7.00. The second-order valence-electron chi connectivity index (χ2n) is 9.70. The predicted octanol–water partition coefficient (Wildman–Crippen LogP) is 3.61. The fraction of sp³-hybridized carbons (Fsp3) is 0.682. The summed E-state index contributed by atoms with van der Waals surface area (Å²) in [5.74, 6) is 1.58. The van der Waals surface area contributed by atoms with Crippen molar-refractivity contribution in [2.75, 3.05) is 19.8 Å². The van der Waals surface area contributed by atoms with Crippen LogP contribution < -0.4 is 20.1 Å². The first-order chi connectivity index (χ1) is 13.2. The van der Waals surface area contributed by atoms with E-state index in [-0.39, 0.29) is 29.2 Å². The molecule has 3 aliphatic rings. The van der Waals surface area contributed by atoms with Gasteiger partial charge >= 0.3 is 6.03 Å². The molecule has 4 rings (SSSR count). The van der Waals surface area contributed by atoms with Crippen LogP contribution >= 0.6 is 0 Å². The van der Waals surface area contributed by atoms with Crippen LogP contribution in [0.5, 0.6) is 11.5 Å². The van der Waals surface area contributed by atoms with Crippen LogP contribution in [0.15, 0.2) is 18.2 Å². The summed E-state index contributed by atoms with van der Waals surface area (Å²) in [5.41, 5.74) is 1.16. The highest BCUT2D eigenvalue weighted by Gasteiger charge is 2.39. The van der Waals surface area contributed by atoms with Gasteiger partial charge in [-0.3, -0.25) is 0 Å². The number of nitrogens with zero attached hydrogens (tertiary/aromatic N) is 1. The van der Waals surface area contributed by atoms with Crippen LogP contribution in [0, 0.1) is 0 Å². The highest BCUT2D eigenvalue weighted by molar-refractivity contribution is 5.75. The van der Waals surface area contributed by atoms with Crippen LogP contribution in [0.2, 0.25) is 0 Å². The Bertz CT molecular complexity index is 731. The average molecular weight is 388 g/mol. The van der Waals surface area contributed by atoms with Gasteiger partial charge < -0.3 is 25.0 Å². The standard InChI is InChI=1S/C22H33N3O3/c1-21(2)13-16(14-22(3,4)24-21)23-20(26)25-9-5-6-17(25)15-7-8-18-19(12-15)28-11-10-27-18/h7-8,12,16-17,24H,5-6,9-11,13-14H2,1-4H3,(H,23,26). The molecule has 2 saturated heterocycles. The normalized spacial score (nSPS) is 26.1. The number of fused-ring (bicyclic) bond motifs is 1. The minimum Gasteiger partial charge on any atom is -0.486 e. The quantitative estimate of drug-likeness (QED) is 0.814. The lowest BCUT2D eigenvalue weighted by atomic mass is 9.79. The van der Waals surface area contributed by atoms with Gasteiger partial charge in [0, 0.05) is 23.7 Å². The molecular formula is C22H33N3O3. The van der Waals surface area contributed by atoms with Crippen molar-refractivity contribution < 1.29 is 14.3 Å². The van der Waals surface area contributed by atoms with Gasteiger partial charge in [-0.05, 0) is 71.1 Å². The summed E-state index contributed by atoms with van der Waals surface area (Å²) >= 11 is 0. The molecule has 0 saturated carbocycles. The Labute approximate surface area is 168 Å². The molecule has 6 nitrogen and oxygen atoms in total. The Morgan fingerprint density at radius 1 is 1.11 bits per heavy atom. The SMILES string of the molecule is CC1(C)CC(NC(=O)N2CCCC2c2ccc3c(c2)OCCO3)CC(C)(C)N1. The van der Waals surface area contributed by atoms with Gasteiger partial charge in [0.05, 0.1) is 6.04 Å². The molecule has 0 radical (unpaired) electrons. The number of rotatable bonds is 2. The molecule has 154 valence electrons. The van der Waals surface area contributed by atoms with Crippen LogP contribution in [0.1, 0.15) is 65.0 Å². The zero-order chi connectivity index (χ0) is 19.9. The second kappa shape index (κ2) is 7.14. The van der Waals surface area contributed by atoms with Gasteiger partial charge in [-0.1, -0.05) is 6.07 Å². The van der Waals surface area contributed by atoms with Gasteiger partial charge in [0.25, 0.3) is 0 Å². The number of urea groups is 1. The summed E-state index contributed by atoms with van der Waals surface area (Å²) in [4.78, 5) is 15.1. The Kier molecular flexibility index (Phi) is 4.94. The molecule has 0 aliphatic carbocycles. The van der Waals surface area contributed by atoms with Crippen LogP contribution in [-0.2, 0) is 0 Å². The summed E-state index contributed by atoms with van der Waals surface area (Å²) in [7, 11) is 0. The molecule has 0 aromatic heterocycles. The molecule has 0 bridgehead atoms. The van der Waals surface area contributed by atoms with Gasteiger partial charge in [-0.15, -0.1) is 0 Å². The van der Waals surface area contributed by atoms with E-state index >= 15 is 0 Å². The molecule has 2 fully saturated rings. The van der Waals surface area contributed by atoms with Crippen molar-refractivity contribution in [2.45, 2.75) is 76.5 Å². The molecule has 1 unspecified atom stereocenters. The zero-order valence-corrected chi connectivity index (χ0v) is 17.5. The lowest BCUT2D eigenvalue weighted by Gasteiger charge is -2.47. The van der Waals surface area contributed by atoms with Gasteiger partial charge in [0.15, 0.2) is 11.5 Å². The summed E-state index contributed by atoms with van der Waals surface area (Å²) < 4.78 is 11.4. The van der Waals surface area contributed by atoms with Crippen molar-refractivity contribution in [3.05, 3.63) is 23.8 Å². The van der Waals surface area contributed by atoms with Crippen molar-refractivity contribution in [3.63, 3.8) is 0 Å². The van der Waals surface area contributed by atoms with E-state index in [1.807, 2.05) is 17.0 Å². The van der Waals surface area contributed by atoms with E-state index in [0.29, 0.717) is 13.2 Å². The fourth-order valence-corrected chi connectivity index (χ4v) is 5.31. The maximum atomic E-state index is 13.1. The number of hydrogen-bond acceptors (Lipinski definition) is 4. The van der Waals surface area contributed by atoms with E-state index in [4.69, 9.17) is 9.47 Å². The fourth-order valence-electron chi connectivity index (χ4n) is 5.31. The lowest BCUT2D eigenvalue weighted by molar-refractivity contribution is 0.137. The van der Waals surface area contributed by atoms with Gasteiger partial charge in [-0.2, -0.15) is 0 Å². The zero-order valence-electron chi connectivity index (χ0n) is 17.5. The van der Waals surface area contributed by atoms with Crippen LogP contribution in [0.4, 0.5) is 4.79 Å². The number of likely N-dealkylation sites (tertiary alicyclic amines) is 1. The first kappa shape index (κ1) is 19.4. The molecule has 3 heterocycles. The van der Waals surface area contributed by atoms with Crippen molar-refractivity contribution in [3.8, 4) is 11.5 Å². The van der Waals surface area contributed by atoms with Gasteiger partial charge in [0.2, 0.25) is 0 Å². The van der Waals surface area contributed by atoms with E-state index in [9.17, 15) is 4.79 Å². The summed E-state index contributed by atoms with van der Waals surface area (Å²) in [6, 6.07) is 6.41. The van der Waals surface area contributed by atoms with Crippen LogP contribution in [0.25, 0.3) is 0 Å². The molecule has 1 atom stereocenters. The Morgan fingerprint density at radius 3 is 2.50 bits per heavy atom. The minimum absolute atomic E-state index is 0.0138. The number of nitrogens with one attached hydrogen (secondary N) is 2. The Morgan fingerprint density at radius 2 is 1.79 bits per heavy atom. The molecule has 1 aromatic rings. The number of amides is 2. The number of piperidine rings is 1. The van der Waals surface area contributed by atoms with Crippen LogP contribution in [0.3, 0.4) is 0 Å². The first-order valence-electron chi connectivity index (χ1n) is 10.5. The summed E-state index contributed by atoms with van der Waals surface area (Å²) in [6.45, 7) is 10.8. The van der Waals surface area contributed by atoms with E-state index < -0.39 is 0 Å². The third-order valence-electron chi connectivity index (χ3n) is 5.98. The Hall–Kier alpha value is -1.95. The minimum atomic E-state index is 0.0138. The second-order valence-corrected chi connectivity index (χ2v) is 9.70. The molecule has 28 heavy (non-hydrogen) atoms. The van der Waals surface area contributed by atoms with Crippen molar-refractivity contribution >= 4 is 6.03 Å². The summed E-state index contributed by atoms with van der Waals surface area (Å²) in [6.07, 6.45) is 3.88. The lowest BCUT2D eigenvalue weighted by Crippen LogP contribution is -2.62. The maximum absolute atomic E-state index is 13.1. The van der Waals surface area contributed by atoms with Crippen molar-refractivity contribution in [1.82, 2.24) is 15.5 Å². The molecule has 2 amide bonds. The highest BCUT2D eigenvalue weighted by atomic mass is 16.6. The largest absolute Gasteiger partial charge is 0.486 e. The van der Waals surface area contributed by atoms with E-state index in [1.165, 1.54) is 0 Å². The number of carbonyl (C=O) groups is 1. The molecule has 2 N–H and O–H groups in total. The first-order valence-corrected chi connectivity index (χ1v) is 10.5. The molecule has 3 aliphatic heterocycles. The topological polar surface area (TPSA) is 62.8 Å². The molecule has 6 heteroatoms. The smallest absolute Gasteiger partial charge is 0.318 e. The van der Waals surface area contributed by atoms with Crippen molar-refractivity contribution in [1.29, 1.82) is 0 Å². The highest BCUT2D eigenvalue weighted by Crippen LogP contribution is 2.38. The number of ether oxygens (including phenoxy) is 2. The van der Waals surface area contributed by atoms with Crippen molar-refractivity contribution in [2.24, 2.45) is 0 Å². The van der Waals surface area contributed by atoms with E-state index in [2.05, 4.69) is 44.4 Å². The monoisotopic (exact) mass is 387 g/mol. The van der Waals surface area contributed by atoms with E-state index in [1.54, 1.807) is 0 Å². The van der Waals surface area contributed by atoms with E-state index in [0.717, 1.165) is 49.3 Å². The number of carbonyl (C=O) groups excluding carboxylic acids is 1.